The van der Waals surface area contributed by atoms with E-state index in [9.17, 15) is 0 Å². The third-order valence-corrected chi connectivity index (χ3v) is 0. The van der Waals surface area contributed by atoms with Crippen LogP contribution in [0.15, 0.2) is 0 Å². The molecule has 28 valence electrons. The molecule has 5 heavy (non-hydrogen) atoms. The summed E-state index contributed by atoms with van der Waals surface area (Å²) in [6.45, 7) is 0. The van der Waals surface area contributed by atoms with Gasteiger partial charge in [-0.1, -0.05) is 8.79 Å². The summed E-state index contributed by atoms with van der Waals surface area (Å²) in [5, 5.41) is 0. The van der Waals surface area contributed by atoms with Gasteiger partial charge in [0.05, 0.1) is 0 Å². The van der Waals surface area contributed by atoms with Crippen molar-refractivity contribution < 1.29 is 7.32 Å². The molecule has 1 nitrogen and oxygen atoms in total. The Bertz CT molecular complexity index is 25.2. The summed E-state index contributed by atoms with van der Waals surface area (Å²) in [7, 11) is 1.52. The van der Waals surface area contributed by atoms with E-state index in [4.69, 9.17) is 4.46 Å². The van der Waals surface area contributed by atoms with Crippen LogP contribution < -0.4 is 0 Å². The summed E-state index contributed by atoms with van der Waals surface area (Å²) in [5.74, 6) is 0. The minimum Gasteiger partial charge on any atom is -1.00 e. The van der Waals surface area contributed by atoms with E-state index in [-0.39, 0.29) is 43.3 Å². The summed E-state index contributed by atoms with van der Waals surface area (Å²) in [5.41, 5.74) is 0. The zero-order valence-corrected chi connectivity index (χ0v) is 5.99. The number of hydrogen-bond acceptors (Lipinski definition) is 1. The van der Waals surface area contributed by atoms with Crippen LogP contribution in [0.1, 0.15) is 2.85 Å². The summed E-state index contributed by atoms with van der Waals surface area (Å²) in [4.78, 5) is 0. The van der Waals surface area contributed by atoms with Crippen molar-refractivity contribution in [2.45, 2.75) is 0 Å². The smallest absolute Gasteiger partial charge is 1.00 e. The maximum absolute atomic E-state index is 8.98. The minimum absolute atomic E-state index is 0. The summed E-state index contributed by atoms with van der Waals surface area (Å²) in [6.07, 6.45) is 0. The third kappa shape index (κ3) is 26.5. The van der Waals surface area contributed by atoms with E-state index in [1.54, 1.807) is 0 Å². The van der Waals surface area contributed by atoms with Gasteiger partial charge >= 0.3 is 23.1 Å². The van der Waals surface area contributed by atoms with Gasteiger partial charge in [0.2, 0.25) is 0 Å². The molecule has 0 aliphatic rings. The van der Waals surface area contributed by atoms with Crippen LogP contribution in [0.4, 0.5) is 0 Å². The second kappa shape index (κ2) is 17.2. The SMILES string of the molecule is O=[SiH]P.[AlH3].[H-].[H-].[Mg+2]. The quantitative estimate of drug-likeness (QED) is 0.283. The fourth-order valence-electron chi connectivity index (χ4n) is 0. The Kier molecular flexibility index (Phi) is 54.5. The van der Waals surface area contributed by atoms with E-state index in [0.717, 1.165) is 0 Å². The maximum atomic E-state index is 8.98. The molecule has 0 saturated carbocycles. The fraction of sp³-hybridized carbons (Fsp3) is 0. The van der Waals surface area contributed by atoms with Crippen molar-refractivity contribution >= 4 is 58.3 Å². The van der Waals surface area contributed by atoms with Gasteiger partial charge in [-0.05, 0) is 0 Å². The van der Waals surface area contributed by atoms with Gasteiger partial charge < -0.3 is 7.32 Å². The second-order valence-corrected chi connectivity index (χ2v) is 1.22. The normalized spacial score (nSPS) is 2.60. The molecule has 5 heteroatoms. The van der Waals surface area contributed by atoms with Gasteiger partial charge in [-0.2, -0.15) is 0 Å². The molecule has 0 bridgehead atoms. The van der Waals surface area contributed by atoms with Crippen molar-refractivity contribution in [1.29, 1.82) is 0 Å². The monoisotopic (exact) mass is 134 g/mol. The zero-order chi connectivity index (χ0) is 2.71. The van der Waals surface area contributed by atoms with Crippen LogP contribution in [-0.2, 0) is 4.46 Å². The van der Waals surface area contributed by atoms with E-state index >= 15 is 0 Å². The Morgan fingerprint density at radius 1 is 1.80 bits per heavy atom. The van der Waals surface area contributed by atoms with Crippen LogP contribution in [-0.4, -0.2) is 49.5 Å². The predicted octanol–water partition coefficient (Wildman–Crippen LogP) is -1.78. The fourth-order valence-corrected chi connectivity index (χ4v) is 0. The van der Waals surface area contributed by atoms with Crippen LogP contribution in [0.5, 0.6) is 0 Å². The van der Waals surface area contributed by atoms with Crippen LogP contribution in [0.25, 0.3) is 0 Å². The largest absolute Gasteiger partial charge is 2.00 e. The first-order chi connectivity index (χ1) is 1.41. The van der Waals surface area contributed by atoms with Crippen molar-refractivity contribution in [3.63, 3.8) is 0 Å². The topological polar surface area (TPSA) is 17.1 Å². The first-order valence-electron chi connectivity index (χ1n) is 0.569. The molecule has 0 aromatic heterocycles. The van der Waals surface area contributed by atoms with Crippen LogP contribution in [0, 0.1) is 0 Å². The standard InChI is InChI=1S/Al.Mg.H3OPSi.5H/c;;1-3-2;;;;;/h;;3H,2H2;;;;;/q;+2;;;;;2*-1. The molecule has 0 saturated heterocycles. The zero-order valence-electron chi connectivity index (χ0n) is 4.27. The predicted molar refractivity (Wildman–Crippen MR) is 35.5 cm³/mol. The van der Waals surface area contributed by atoms with E-state index in [1.807, 2.05) is 0 Å². The third-order valence-electron chi connectivity index (χ3n) is 0. The van der Waals surface area contributed by atoms with E-state index in [0.29, 0.717) is 0 Å². The number of hydrogen-bond donors (Lipinski definition) is 0. The Labute approximate surface area is 65.5 Å². The molecular formula is H8AlMgOPSi. The molecule has 0 amide bonds. The average molecular weight is 134 g/mol. The molecule has 0 aromatic carbocycles. The molecule has 0 N–H and O–H groups in total. The summed E-state index contributed by atoms with van der Waals surface area (Å²) < 4.78 is 8.98. The molecule has 0 spiro atoms. The van der Waals surface area contributed by atoms with Gasteiger partial charge in [0.15, 0.2) is 17.4 Å². The van der Waals surface area contributed by atoms with Crippen molar-refractivity contribution in [2.24, 2.45) is 0 Å². The van der Waals surface area contributed by atoms with E-state index < -0.39 is 9.07 Å². The average Bonchev–Trinajstić information content (AvgIpc) is 0.918. The number of rotatable bonds is 0. The Hall–Kier alpha value is 1.75. The molecule has 0 rings (SSSR count). The van der Waals surface area contributed by atoms with Gasteiger partial charge in [0.1, 0.15) is 0 Å². The first kappa shape index (κ1) is 15.9. The molecule has 0 aliphatic carbocycles. The van der Waals surface area contributed by atoms with Gasteiger partial charge in [-0.3, -0.25) is 0 Å². The van der Waals surface area contributed by atoms with Crippen molar-refractivity contribution in [1.82, 2.24) is 0 Å². The van der Waals surface area contributed by atoms with Crippen LogP contribution in [0.3, 0.4) is 0 Å². The molecule has 0 fully saturated rings. The Morgan fingerprint density at radius 2 is 1.80 bits per heavy atom. The Balaban J connectivity index is -0.00000000333. The molecule has 1 unspecified atom stereocenters. The van der Waals surface area contributed by atoms with Gasteiger partial charge in [0, 0.05) is 0 Å². The summed E-state index contributed by atoms with van der Waals surface area (Å²) >= 11 is 0. The molecule has 0 radical (unpaired) electrons. The molecule has 0 heterocycles. The van der Waals surface area contributed by atoms with Gasteiger partial charge in [0.25, 0.3) is 9.07 Å². The molecule has 1 atom stereocenters. The first-order valence-corrected chi connectivity index (χ1v) is 3.71. The van der Waals surface area contributed by atoms with Crippen LogP contribution >= 0.6 is 8.79 Å². The summed E-state index contributed by atoms with van der Waals surface area (Å²) in [6, 6.07) is 0. The Morgan fingerprint density at radius 3 is 1.80 bits per heavy atom. The van der Waals surface area contributed by atoms with Crippen molar-refractivity contribution in [3.05, 3.63) is 0 Å². The van der Waals surface area contributed by atoms with Gasteiger partial charge in [-0.25, -0.2) is 0 Å². The van der Waals surface area contributed by atoms with E-state index in [1.165, 1.54) is 0 Å². The van der Waals surface area contributed by atoms with Gasteiger partial charge in [-0.15, -0.1) is 0 Å². The molecular weight excluding hydrogens is 126 g/mol. The van der Waals surface area contributed by atoms with Crippen molar-refractivity contribution in [3.8, 4) is 0 Å². The minimum atomic E-state index is -0.583. The van der Waals surface area contributed by atoms with Crippen molar-refractivity contribution in [2.75, 3.05) is 0 Å². The van der Waals surface area contributed by atoms with E-state index in [2.05, 4.69) is 8.79 Å². The molecule has 0 aliphatic heterocycles. The molecule has 0 aromatic rings. The maximum Gasteiger partial charge on any atom is 2.00 e. The second-order valence-electron chi connectivity index (χ2n) is 0.136. The van der Waals surface area contributed by atoms with Crippen LogP contribution in [0.2, 0.25) is 0 Å².